The van der Waals surface area contributed by atoms with Crippen molar-refractivity contribution in [3.05, 3.63) is 30.1 Å². The van der Waals surface area contributed by atoms with E-state index in [9.17, 15) is 13.2 Å². The zero-order valence-corrected chi connectivity index (χ0v) is 11.3. The number of hydrogen-bond acceptors (Lipinski definition) is 6. The van der Waals surface area contributed by atoms with Crippen LogP contribution in [0.15, 0.2) is 29.2 Å². The SMILES string of the molecule is Cn1nnnc1CC(=O)Nc1ccc(S(N)(=O)=O)cc1. The van der Waals surface area contributed by atoms with Gasteiger partial charge in [-0.05, 0) is 34.7 Å². The molecular weight excluding hydrogens is 284 g/mol. The van der Waals surface area contributed by atoms with Crippen LogP contribution in [0.25, 0.3) is 0 Å². The van der Waals surface area contributed by atoms with Crippen LogP contribution < -0.4 is 10.5 Å². The minimum Gasteiger partial charge on any atom is -0.326 e. The number of rotatable bonds is 4. The molecule has 0 saturated carbocycles. The lowest BCUT2D eigenvalue weighted by Crippen LogP contribution is -2.17. The maximum absolute atomic E-state index is 11.8. The second-order valence-electron chi connectivity index (χ2n) is 4.01. The van der Waals surface area contributed by atoms with E-state index in [1.165, 1.54) is 28.9 Å². The number of anilines is 1. The van der Waals surface area contributed by atoms with Gasteiger partial charge in [-0.25, -0.2) is 18.2 Å². The van der Waals surface area contributed by atoms with Crippen LogP contribution >= 0.6 is 0 Å². The van der Waals surface area contributed by atoms with E-state index in [2.05, 4.69) is 20.8 Å². The highest BCUT2D eigenvalue weighted by atomic mass is 32.2. The monoisotopic (exact) mass is 296 g/mol. The number of nitrogens with zero attached hydrogens (tertiary/aromatic N) is 4. The van der Waals surface area contributed by atoms with Crippen molar-refractivity contribution in [2.24, 2.45) is 12.2 Å². The molecule has 0 aliphatic rings. The Hall–Kier alpha value is -2.33. The van der Waals surface area contributed by atoms with Crippen molar-refractivity contribution < 1.29 is 13.2 Å². The average molecular weight is 296 g/mol. The fraction of sp³-hybridized carbons (Fsp3) is 0.200. The van der Waals surface area contributed by atoms with Crippen LogP contribution in [0.5, 0.6) is 0 Å². The number of hydrogen-bond donors (Lipinski definition) is 2. The van der Waals surface area contributed by atoms with E-state index in [4.69, 9.17) is 5.14 Å². The van der Waals surface area contributed by atoms with Crippen LogP contribution in [0.1, 0.15) is 5.82 Å². The van der Waals surface area contributed by atoms with Crippen molar-refractivity contribution in [1.82, 2.24) is 20.2 Å². The van der Waals surface area contributed by atoms with Crippen LogP contribution in [-0.2, 0) is 28.3 Å². The van der Waals surface area contributed by atoms with Crippen LogP contribution in [0.3, 0.4) is 0 Å². The van der Waals surface area contributed by atoms with Gasteiger partial charge in [0.25, 0.3) is 0 Å². The van der Waals surface area contributed by atoms with Gasteiger partial charge in [0.2, 0.25) is 15.9 Å². The third-order valence-electron chi connectivity index (χ3n) is 2.49. The van der Waals surface area contributed by atoms with E-state index in [0.29, 0.717) is 11.5 Å². The van der Waals surface area contributed by atoms with E-state index in [0.717, 1.165) is 0 Å². The number of amides is 1. The molecule has 3 N–H and O–H groups in total. The fourth-order valence-corrected chi connectivity index (χ4v) is 1.99. The van der Waals surface area contributed by atoms with E-state index < -0.39 is 10.0 Å². The number of nitrogens with two attached hydrogens (primary N) is 1. The Balaban J connectivity index is 2.03. The summed E-state index contributed by atoms with van der Waals surface area (Å²) >= 11 is 0. The van der Waals surface area contributed by atoms with Gasteiger partial charge in [-0.3, -0.25) is 4.79 Å². The summed E-state index contributed by atoms with van der Waals surface area (Å²) < 4.78 is 23.6. The largest absolute Gasteiger partial charge is 0.326 e. The summed E-state index contributed by atoms with van der Waals surface area (Å²) in [6.45, 7) is 0. The molecule has 106 valence electrons. The van der Waals surface area contributed by atoms with Gasteiger partial charge in [0.05, 0.1) is 11.3 Å². The van der Waals surface area contributed by atoms with Crippen molar-refractivity contribution in [3.63, 3.8) is 0 Å². The number of aryl methyl sites for hydroxylation is 1. The Morgan fingerprint density at radius 3 is 2.50 bits per heavy atom. The van der Waals surface area contributed by atoms with Gasteiger partial charge in [-0.2, -0.15) is 0 Å². The van der Waals surface area contributed by atoms with Crippen molar-refractivity contribution in [2.45, 2.75) is 11.3 Å². The Labute approximate surface area is 114 Å². The molecule has 1 aromatic carbocycles. The summed E-state index contributed by atoms with van der Waals surface area (Å²) in [6, 6.07) is 5.53. The van der Waals surface area contributed by atoms with Crippen molar-refractivity contribution >= 4 is 21.6 Å². The molecule has 0 saturated heterocycles. The quantitative estimate of drug-likeness (QED) is 0.746. The zero-order valence-electron chi connectivity index (χ0n) is 10.5. The Kier molecular flexibility index (Phi) is 3.77. The summed E-state index contributed by atoms with van der Waals surface area (Å²) in [5, 5.41) is 18.3. The third kappa shape index (κ3) is 3.36. The Morgan fingerprint density at radius 2 is 2.00 bits per heavy atom. The third-order valence-corrected chi connectivity index (χ3v) is 3.42. The summed E-state index contributed by atoms with van der Waals surface area (Å²) in [5.41, 5.74) is 0.456. The van der Waals surface area contributed by atoms with E-state index in [1.807, 2.05) is 0 Å². The van der Waals surface area contributed by atoms with Gasteiger partial charge in [-0.1, -0.05) is 0 Å². The molecule has 0 atom stereocenters. The number of carbonyl (C=O) groups excluding carboxylic acids is 1. The number of benzene rings is 1. The number of tetrazole rings is 1. The predicted molar refractivity (Wildman–Crippen MR) is 68.9 cm³/mol. The number of sulfonamides is 1. The van der Waals surface area contributed by atoms with Gasteiger partial charge in [0.1, 0.15) is 0 Å². The summed E-state index contributed by atoms with van der Waals surface area (Å²) in [6.07, 6.45) is 0.0143. The van der Waals surface area contributed by atoms with Crippen LogP contribution in [0.4, 0.5) is 5.69 Å². The van der Waals surface area contributed by atoms with E-state index in [1.54, 1.807) is 7.05 Å². The molecule has 1 heterocycles. The number of nitrogens with one attached hydrogen (secondary N) is 1. The highest BCUT2D eigenvalue weighted by Gasteiger charge is 2.11. The predicted octanol–water partition coefficient (Wildman–Crippen LogP) is -0.961. The van der Waals surface area contributed by atoms with Crippen LogP contribution in [-0.4, -0.2) is 34.5 Å². The van der Waals surface area contributed by atoms with Gasteiger partial charge in [-0.15, -0.1) is 5.10 Å². The molecular formula is C10H12N6O3S. The fourth-order valence-electron chi connectivity index (χ4n) is 1.47. The molecule has 0 bridgehead atoms. The molecule has 20 heavy (non-hydrogen) atoms. The molecule has 1 amide bonds. The molecule has 0 aliphatic heterocycles. The first-order valence-corrected chi connectivity index (χ1v) is 7.05. The summed E-state index contributed by atoms with van der Waals surface area (Å²) in [4.78, 5) is 11.7. The molecule has 1 aromatic heterocycles. The first kappa shape index (κ1) is 14.1. The maximum atomic E-state index is 11.8. The highest BCUT2D eigenvalue weighted by molar-refractivity contribution is 7.89. The van der Waals surface area contributed by atoms with Gasteiger partial charge in [0, 0.05) is 12.7 Å². The van der Waals surface area contributed by atoms with Gasteiger partial charge in [0.15, 0.2) is 5.82 Å². The van der Waals surface area contributed by atoms with Crippen LogP contribution in [0.2, 0.25) is 0 Å². The molecule has 0 fully saturated rings. The highest BCUT2D eigenvalue weighted by Crippen LogP contribution is 2.12. The average Bonchev–Trinajstić information content (AvgIpc) is 2.74. The first-order valence-electron chi connectivity index (χ1n) is 5.50. The maximum Gasteiger partial charge on any atom is 0.238 e. The number of aromatic nitrogens is 4. The molecule has 2 aromatic rings. The Morgan fingerprint density at radius 1 is 1.35 bits per heavy atom. The van der Waals surface area contributed by atoms with E-state index >= 15 is 0 Å². The zero-order chi connectivity index (χ0) is 14.8. The van der Waals surface area contributed by atoms with E-state index in [-0.39, 0.29) is 17.2 Å². The topological polar surface area (TPSA) is 133 Å². The summed E-state index contributed by atoms with van der Waals surface area (Å²) in [7, 11) is -2.11. The van der Waals surface area contributed by atoms with Crippen molar-refractivity contribution in [3.8, 4) is 0 Å². The lowest BCUT2D eigenvalue weighted by Gasteiger charge is -2.05. The second kappa shape index (κ2) is 5.35. The number of primary sulfonamides is 1. The molecule has 0 unspecified atom stereocenters. The molecule has 9 nitrogen and oxygen atoms in total. The lowest BCUT2D eigenvalue weighted by atomic mass is 10.3. The Bertz CT molecular complexity index is 722. The van der Waals surface area contributed by atoms with Gasteiger partial charge < -0.3 is 5.32 Å². The van der Waals surface area contributed by atoms with Gasteiger partial charge >= 0.3 is 0 Å². The second-order valence-corrected chi connectivity index (χ2v) is 5.57. The van der Waals surface area contributed by atoms with Crippen molar-refractivity contribution in [2.75, 3.05) is 5.32 Å². The summed E-state index contributed by atoms with van der Waals surface area (Å²) in [5.74, 6) is 0.106. The molecule has 10 heteroatoms. The lowest BCUT2D eigenvalue weighted by molar-refractivity contribution is -0.115. The molecule has 0 aliphatic carbocycles. The normalized spacial score (nSPS) is 11.3. The molecule has 2 rings (SSSR count). The first-order chi connectivity index (χ1) is 9.36. The minimum atomic E-state index is -3.74. The van der Waals surface area contributed by atoms with Crippen molar-refractivity contribution in [1.29, 1.82) is 0 Å². The molecule has 0 radical (unpaired) electrons. The number of carbonyl (C=O) groups is 1. The smallest absolute Gasteiger partial charge is 0.238 e. The standard InChI is InChI=1S/C10H12N6O3S/c1-16-9(13-14-15-16)6-10(17)12-7-2-4-8(5-3-7)20(11,18)19/h2-5H,6H2,1H3,(H,12,17)(H2,11,18,19). The molecule has 0 spiro atoms. The minimum absolute atomic E-state index is 0.0143. The van der Waals surface area contributed by atoms with Crippen LogP contribution in [0, 0.1) is 0 Å².